The Labute approximate surface area is 167 Å². The fraction of sp³-hybridized carbons (Fsp3) is 0.500. The highest BCUT2D eigenvalue weighted by molar-refractivity contribution is 7.89. The molecule has 0 bridgehead atoms. The number of nitrogens with one attached hydrogen (secondary N) is 1. The standard InChI is InChI=1S/C20H30N4O3S/c1-19(2,3)16-13-17(24(22-16)20(4,5)6)21-18(25)14-23(7)28(26,27)15-11-9-8-10-12-15/h8-13H,14H2,1-7H3,(H,21,25). The highest BCUT2D eigenvalue weighted by Crippen LogP contribution is 2.28. The van der Waals surface area contributed by atoms with E-state index in [9.17, 15) is 13.2 Å². The highest BCUT2D eigenvalue weighted by Gasteiger charge is 2.27. The van der Waals surface area contributed by atoms with Gasteiger partial charge in [-0.1, -0.05) is 39.0 Å². The van der Waals surface area contributed by atoms with Gasteiger partial charge in [-0.25, -0.2) is 13.1 Å². The zero-order chi connectivity index (χ0) is 21.3. The number of carbonyl (C=O) groups excluding carboxylic acids is 1. The summed E-state index contributed by atoms with van der Waals surface area (Å²) in [7, 11) is -2.34. The van der Waals surface area contributed by atoms with Crippen molar-refractivity contribution in [2.24, 2.45) is 0 Å². The van der Waals surface area contributed by atoms with E-state index in [0.717, 1.165) is 10.00 Å². The number of likely N-dealkylation sites (N-methyl/N-ethyl adjacent to an activating group) is 1. The molecule has 1 aromatic carbocycles. The molecule has 1 N–H and O–H groups in total. The average Bonchev–Trinajstić information content (AvgIpc) is 2.99. The molecule has 0 aliphatic rings. The van der Waals surface area contributed by atoms with Gasteiger partial charge in [-0.2, -0.15) is 9.40 Å². The van der Waals surface area contributed by atoms with Crippen LogP contribution in [0.5, 0.6) is 0 Å². The van der Waals surface area contributed by atoms with Crippen molar-refractivity contribution in [1.82, 2.24) is 14.1 Å². The Balaban J connectivity index is 2.22. The van der Waals surface area contributed by atoms with Crippen LogP contribution in [-0.2, 0) is 25.8 Å². The van der Waals surface area contributed by atoms with E-state index in [1.54, 1.807) is 22.9 Å². The lowest BCUT2D eigenvalue weighted by molar-refractivity contribution is -0.116. The van der Waals surface area contributed by atoms with Crippen molar-refractivity contribution in [3.63, 3.8) is 0 Å². The molecule has 0 aliphatic heterocycles. The smallest absolute Gasteiger partial charge is 0.243 e. The van der Waals surface area contributed by atoms with Crippen LogP contribution in [-0.4, -0.2) is 42.0 Å². The third kappa shape index (κ3) is 4.99. The number of rotatable bonds is 5. The van der Waals surface area contributed by atoms with Crippen LogP contribution in [0.4, 0.5) is 5.82 Å². The van der Waals surface area contributed by atoms with Gasteiger partial charge in [0.1, 0.15) is 5.82 Å². The summed E-state index contributed by atoms with van der Waals surface area (Å²) < 4.78 is 28.0. The Morgan fingerprint density at radius 1 is 1.11 bits per heavy atom. The SMILES string of the molecule is CN(CC(=O)Nc1cc(C(C)(C)C)nn1C(C)(C)C)S(=O)(=O)c1ccccc1. The second-order valence-electron chi connectivity index (χ2n) is 8.87. The summed E-state index contributed by atoms with van der Waals surface area (Å²) in [5, 5.41) is 7.47. The number of amides is 1. The van der Waals surface area contributed by atoms with Gasteiger partial charge in [-0.05, 0) is 32.9 Å². The van der Waals surface area contributed by atoms with Crippen LogP contribution in [0.15, 0.2) is 41.3 Å². The van der Waals surface area contributed by atoms with Crippen molar-refractivity contribution < 1.29 is 13.2 Å². The number of sulfonamides is 1. The molecule has 8 heteroatoms. The lowest BCUT2D eigenvalue weighted by Crippen LogP contribution is -2.36. The molecule has 0 unspecified atom stereocenters. The summed E-state index contributed by atoms with van der Waals surface area (Å²) in [4.78, 5) is 12.7. The van der Waals surface area contributed by atoms with Gasteiger partial charge in [0, 0.05) is 18.5 Å². The Hall–Kier alpha value is -2.19. The van der Waals surface area contributed by atoms with E-state index in [1.807, 2.05) is 47.6 Å². The van der Waals surface area contributed by atoms with E-state index in [4.69, 9.17) is 0 Å². The summed E-state index contributed by atoms with van der Waals surface area (Å²) in [5.41, 5.74) is 0.334. The molecule has 1 heterocycles. The lowest BCUT2D eigenvalue weighted by atomic mass is 9.92. The van der Waals surface area contributed by atoms with Crippen molar-refractivity contribution in [2.45, 2.75) is 57.4 Å². The first-order valence-corrected chi connectivity index (χ1v) is 10.6. The molecule has 1 amide bonds. The maximum Gasteiger partial charge on any atom is 0.243 e. The molecule has 0 saturated carbocycles. The van der Waals surface area contributed by atoms with Crippen LogP contribution in [0.1, 0.15) is 47.2 Å². The molecule has 1 aromatic heterocycles. The topological polar surface area (TPSA) is 84.3 Å². The number of hydrogen-bond acceptors (Lipinski definition) is 4. The van der Waals surface area contributed by atoms with E-state index >= 15 is 0 Å². The van der Waals surface area contributed by atoms with E-state index in [1.165, 1.54) is 19.2 Å². The third-order valence-electron chi connectivity index (χ3n) is 4.20. The Morgan fingerprint density at radius 2 is 1.68 bits per heavy atom. The minimum absolute atomic E-state index is 0.153. The molecular formula is C20H30N4O3S. The van der Waals surface area contributed by atoms with E-state index in [-0.39, 0.29) is 22.4 Å². The summed E-state index contributed by atoms with van der Waals surface area (Å²) in [5.74, 6) is 0.126. The average molecular weight is 407 g/mol. The number of nitrogens with zero attached hydrogens (tertiary/aromatic N) is 3. The zero-order valence-corrected chi connectivity index (χ0v) is 18.5. The first-order chi connectivity index (χ1) is 12.7. The maximum absolute atomic E-state index is 12.6. The number of hydrogen-bond donors (Lipinski definition) is 1. The third-order valence-corrected chi connectivity index (χ3v) is 6.02. The molecule has 0 radical (unpaired) electrons. The Morgan fingerprint density at radius 3 is 2.18 bits per heavy atom. The summed E-state index contributed by atoms with van der Waals surface area (Å²) in [6.45, 7) is 11.8. The van der Waals surface area contributed by atoms with Crippen LogP contribution in [0.25, 0.3) is 0 Å². The number of carbonyl (C=O) groups is 1. The molecule has 2 aromatic rings. The number of anilines is 1. The van der Waals surface area contributed by atoms with E-state index in [2.05, 4.69) is 10.4 Å². The van der Waals surface area contributed by atoms with Gasteiger partial charge in [0.15, 0.2) is 0 Å². The van der Waals surface area contributed by atoms with Gasteiger partial charge in [-0.3, -0.25) is 4.79 Å². The highest BCUT2D eigenvalue weighted by atomic mass is 32.2. The molecule has 0 atom stereocenters. The first kappa shape index (κ1) is 22.1. The minimum atomic E-state index is -3.73. The van der Waals surface area contributed by atoms with Gasteiger partial charge < -0.3 is 5.32 Å². The second kappa shape index (κ2) is 7.67. The van der Waals surface area contributed by atoms with Gasteiger partial charge >= 0.3 is 0 Å². The molecule has 154 valence electrons. The zero-order valence-electron chi connectivity index (χ0n) is 17.6. The normalized spacial score (nSPS) is 13.0. The summed E-state index contributed by atoms with van der Waals surface area (Å²) in [6.07, 6.45) is 0. The Bertz CT molecular complexity index is 936. The van der Waals surface area contributed by atoms with Crippen LogP contribution in [0.2, 0.25) is 0 Å². The lowest BCUT2D eigenvalue weighted by Gasteiger charge is -2.23. The molecule has 0 aliphatic carbocycles. The summed E-state index contributed by atoms with van der Waals surface area (Å²) in [6, 6.07) is 9.90. The van der Waals surface area contributed by atoms with Gasteiger partial charge in [-0.15, -0.1) is 0 Å². The van der Waals surface area contributed by atoms with Gasteiger partial charge in [0.25, 0.3) is 0 Å². The molecule has 2 rings (SSSR count). The van der Waals surface area contributed by atoms with Crippen LogP contribution in [0.3, 0.4) is 0 Å². The molecule has 28 heavy (non-hydrogen) atoms. The fourth-order valence-electron chi connectivity index (χ4n) is 2.59. The van der Waals surface area contributed by atoms with Crippen LogP contribution in [0, 0.1) is 0 Å². The van der Waals surface area contributed by atoms with Crippen molar-refractivity contribution in [3.8, 4) is 0 Å². The molecule has 0 saturated heterocycles. The molecule has 7 nitrogen and oxygen atoms in total. The maximum atomic E-state index is 12.6. The first-order valence-electron chi connectivity index (χ1n) is 9.15. The monoisotopic (exact) mass is 406 g/mol. The number of benzene rings is 1. The molecule has 0 fully saturated rings. The van der Waals surface area contributed by atoms with Crippen LogP contribution >= 0.6 is 0 Å². The van der Waals surface area contributed by atoms with Crippen molar-refractivity contribution in [1.29, 1.82) is 0 Å². The predicted molar refractivity (Wildman–Crippen MR) is 111 cm³/mol. The molecule has 0 spiro atoms. The Kier molecular flexibility index (Phi) is 6.06. The number of aromatic nitrogens is 2. The van der Waals surface area contributed by atoms with Crippen LogP contribution < -0.4 is 5.32 Å². The summed E-state index contributed by atoms with van der Waals surface area (Å²) >= 11 is 0. The fourth-order valence-corrected chi connectivity index (χ4v) is 3.74. The van der Waals surface area contributed by atoms with Gasteiger partial charge in [0.05, 0.1) is 22.7 Å². The second-order valence-corrected chi connectivity index (χ2v) is 10.9. The van der Waals surface area contributed by atoms with Crippen molar-refractivity contribution in [2.75, 3.05) is 18.9 Å². The van der Waals surface area contributed by atoms with E-state index in [0.29, 0.717) is 5.82 Å². The predicted octanol–water partition coefficient (Wildman–Crippen LogP) is 3.19. The quantitative estimate of drug-likeness (QED) is 0.826. The van der Waals surface area contributed by atoms with Crippen molar-refractivity contribution >= 4 is 21.7 Å². The van der Waals surface area contributed by atoms with Crippen molar-refractivity contribution in [3.05, 3.63) is 42.1 Å². The van der Waals surface area contributed by atoms with Gasteiger partial charge in [0.2, 0.25) is 15.9 Å². The largest absolute Gasteiger partial charge is 0.310 e. The molecular weight excluding hydrogens is 376 g/mol. The minimum Gasteiger partial charge on any atom is -0.310 e. The van der Waals surface area contributed by atoms with E-state index < -0.39 is 15.9 Å².